The number of carbonyl (C=O) groups excluding carboxylic acids is 2. The maximum Gasteiger partial charge on any atom is 0.229 e. The number of ether oxygens (including phenoxy) is 2. The van der Waals surface area contributed by atoms with Gasteiger partial charge in [0.1, 0.15) is 6.42 Å². The Labute approximate surface area is 140 Å². The van der Waals surface area contributed by atoms with Crippen molar-refractivity contribution >= 4 is 11.8 Å². The number of hydrogen-bond acceptors (Lipinski definition) is 4. The largest absolute Gasteiger partial charge is 0.380 e. The molecule has 136 valence electrons. The van der Waals surface area contributed by atoms with E-state index in [9.17, 15) is 9.59 Å². The topological polar surface area (TPSA) is 76.7 Å². The Morgan fingerprint density at radius 3 is 1.48 bits per heavy atom. The minimum Gasteiger partial charge on any atom is -0.380 e. The molecule has 0 aliphatic heterocycles. The maximum absolute atomic E-state index is 11.5. The van der Waals surface area contributed by atoms with Gasteiger partial charge in [-0.2, -0.15) is 0 Å². The Hall–Kier alpha value is -1.14. The van der Waals surface area contributed by atoms with Crippen molar-refractivity contribution in [1.29, 1.82) is 0 Å². The van der Waals surface area contributed by atoms with Crippen LogP contribution in [0.4, 0.5) is 0 Å². The van der Waals surface area contributed by atoms with Gasteiger partial charge in [-0.15, -0.1) is 0 Å². The molecular formula is C17H34N2O4. The van der Waals surface area contributed by atoms with Crippen LogP contribution in [0, 0.1) is 11.8 Å². The van der Waals surface area contributed by atoms with Crippen molar-refractivity contribution in [2.45, 2.75) is 47.0 Å². The van der Waals surface area contributed by atoms with Crippen molar-refractivity contribution in [3.05, 3.63) is 0 Å². The van der Waals surface area contributed by atoms with E-state index in [1.807, 2.05) is 0 Å². The summed E-state index contributed by atoms with van der Waals surface area (Å²) < 4.78 is 10.8. The van der Waals surface area contributed by atoms with Crippen molar-refractivity contribution in [3.8, 4) is 0 Å². The molecule has 0 radical (unpaired) electrons. The predicted octanol–water partition coefficient (Wildman–Crippen LogP) is 1.73. The van der Waals surface area contributed by atoms with Crippen LogP contribution in [0.2, 0.25) is 0 Å². The smallest absolute Gasteiger partial charge is 0.229 e. The monoisotopic (exact) mass is 330 g/mol. The van der Waals surface area contributed by atoms with Crippen molar-refractivity contribution in [2.24, 2.45) is 11.8 Å². The number of nitrogens with one attached hydrogen (secondary N) is 2. The number of amides is 2. The van der Waals surface area contributed by atoms with Crippen LogP contribution in [0.1, 0.15) is 47.0 Å². The molecule has 0 unspecified atom stereocenters. The SMILES string of the molecule is CC(C)CCOCCNC(=O)CC(=O)NCCOCCC(C)C. The molecule has 0 fully saturated rings. The highest BCUT2D eigenvalue weighted by atomic mass is 16.5. The summed E-state index contributed by atoms with van der Waals surface area (Å²) in [6.45, 7) is 11.8. The van der Waals surface area contributed by atoms with Crippen molar-refractivity contribution in [2.75, 3.05) is 39.5 Å². The van der Waals surface area contributed by atoms with Gasteiger partial charge in [0.05, 0.1) is 13.2 Å². The minimum atomic E-state index is -0.282. The van der Waals surface area contributed by atoms with Crippen LogP contribution in [0.5, 0.6) is 0 Å². The highest BCUT2D eigenvalue weighted by Gasteiger charge is 2.08. The van der Waals surface area contributed by atoms with Gasteiger partial charge in [0.25, 0.3) is 0 Å². The number of rotatable bonds is 14. The molecule has 6 heteroatoms. The van der Waals surface area contributed by atoms with Crippen LogP contribution in [-0.4, -0.2) is 51.3 Å². The van der Waals surface area contributed by atoms with E-state index in [1.54, 1.807) is 0 Å². The van der Waals surface area contributed by atoms with Gasteiger partial charge in [0.2, 0.25) is 11.8 Å². The molecule has 0 aliphatic rings. The van der Waals surface area contributed by atoms with E-state index in [2.05, 4.69) is 38.3 Å². The molecule has 0 saturated heterocycles. The second-order valence-corrected chi connectivity index (χ2v) is 6.47. The van der Waals surface area contributed by atoms with E-state index in [0.29, 0.717) is 51.4 Å². The van der Waals surface area contributed by atoms with Gasteiger partial charge < -0.3 is 20.1 Å². The zero-order chi connectivity index (χ0) is 17.5. The maximum atomic E-state index is 11.5. The van der Waals surface area contributed by atoms with Gasteiger partial charge in [0, 0.05) is 26.3 Å². The predicted molar refractivity (Wildman–Crippen MR) is 91.2 cm³/mol. The molecule has 0 aromatic carbocycles. The van der Waals surface area contributed by atoms with E-state index in [-0.39, 0.29) is 18.2 Å². The van der Waals surface area contributed by atoms with Crippen molar-refractivity contribution in [3.63, 3.8) is 0 Å². The zero-order valence-electron chi connectivity index (χ0n) is 15.2. The Balaban J connectivity index is 3.43. The van der Waals surface area contributed by atoms with Crippen LogP contribution < -0.4 is 10.6 Å². The number of carbonyl (C=O) groups is 2. The molecule has 2 N–H and O–H groups in total. The second kappa shape index (κ2) is 14.5. The quantitative estimate of drug-likeness (QED) is 0.376. The number of hydrogen-bond donors (Lipinski definition) is 2. The first kappa shape index (κ1) is 21.9. The Bertz CT molecular complexity index is 290. The van der Waals surface area contributed by atoms with E-state index in [1.165, 1.54) is 0 Å². The molecule has 0 saturated carbocycles. The fraction of sp³-hybridized carbons (Fsp3) is 0.882. The fourth-order valence-corrected chi connectivity index (χ4v) is 1.64. The van der Waals surface area contributed by atoms with Gasteiger partial charge >= 0.3 is 0 Å². The molecule has 0 heterocycles. The first-order valence-corrected chi connectivity index (χ1v) is 8.60. The average Bonchev–Trinajstić information content (AvgIpc) is 2.45. The molecule has 0 aromatic heterocycles. The fourth-order valence-electron chi connectivity index (χ4n) is 1.64. The third-order valence-corrected chi connectivity index (χ3v) is 3.14. The van der Waals surface area contributed by atoms with Crippen molar-refractivity contribution in [1.82, 2.24) is 10.6 Å². The highest BCUT2D eigenvalue weighted by molar-refractivity contribution is 5.96. The van der Waals surface area contributed by atoms with E-state index < -0.39 is 0 Å². The summed E-state index contributed by atoms with van der Waals surface area (Å²) >= 11 is 0. The van der Waals surface area contributed by atoms with Gasteiger partial charge in [-0.05, 0) is 24.7 Å². The Morgan fingerprint density at radius 1 is 0.739 bits per heavy atom. The first-order valence-electron chi connectivity index (χ1n) is 8.60. The van der Waals surface area contributed by atoms with Crippen LogP contribution in [0.3, 0.4) is 0 Å². The molecule has 0 aliphatic carbocycles. The normalized spacial score (nSPS) is 11.0. The molecule has 0 aromatic rings. The Kier molecular flexibility index (Phi) is 13.7. The molecule has 6 nitrogen and oxygen atoms in total. The standard InChI is InChI=1S/C17H34N2O4/c1-14(2)5-9-22-11-7-18-16(20)13-17(21)19-8-12-23-10-6-15(3)4/h14-15H,5-13H2,1-4H3,(H,18,20)(H,19,21). The van der Waals surface area contributed by atoms with Crippen molar-refractivity contribution < 1.29 is 19.1 Å². The lowest BCUT2D eigenvalue weighted by atomic mass is 10.1. The summed E-state index contributed by atoms with van der Waals surface area (Å²) in [7, 11) is 0. The molecule has 23 heavy (non-hydrogen) atoms. The molecular weight excluding hydrogens is 296 g/mol. The van der Waals surface area contributed by atoms with Gasteiger partial charge in [-0.3, -0.25) is 9.59 Å². The lowest BCUT2D eigenvalue weighted by molar-refractivity contribution is -0.129. The van der Waals surface area contributed by atoms with Gasteiger partial charge in [0.15, 0.2) is 0 Å². The third kappa shape index (κ3) is 17.1. The molecule has 0 rings (SSSR count). The highest BCUT2D eigenvalue weighted by Crippen LogP contribution is 1.98. The summed E-state index contributed by atoms with van der Waals surface area (Å²) in [6, 6.07) is 0. The lowest BCUT2D eigenvalue weighted by Gasteiger charge is -2.09. The lowest BCUT2D eigenvalue weighted by Crippen LogP contribution is -2.34. The summed E-state index contributed by atoms with van der Waals surface area (Å²) in [5, 5.41) is 5.34. The average molecular weight is 330 g/mol. The van der Waals surface area contributed by atoms with Gasteiger partial charge in [-0.25, -0.2) is 0 Å². The first-order chi connectivity index (χ1) is 10.9. The molecule has 2 amide bonds. The second-order valence-electron chi connectivity index (χ2n) is 6.47. The van der Waals surface area contributed by atoms with Crippen LogP contribution in [0.25, 0.3) is 0 Å². The van der Waals surface area contributed by atoms with E-state index >= 15 is 0 Å². The Morgan fingerprint density at radius 2 is 1.13 bits per heavy atom. The van der Waals surface area contributed by atoms with Crippen LogP contribution in [0.15, 0.2) is 0 Å². The van der Waals surface area contributed by atoms with Crippen LogP contribution >= 0.6 is 0 Å². The molecule has 0 atom stereocenters. The zero-order valence-corrected chi connectivity index (χ0v) is 15.2. The van der Waals surface area contributed by atoms with E-state index in [4.69, 9.17) is 9.47 Å². The molecule has 0 spiro atoms. The van der Waals surface area contributed by atoms with Crippen LogP contribution in [-0.2, 0) is 19.1 Å². The molecule has 0 bridgehead atoms. The summed E-state index contributed by atoms with van der Waals surface area (Å²) in [6.07, 6.45) is 1.86. The summed E-state index contributed by atoms with van der Waals surface area (Å²) in [5.74, 6) is 0.664. The van der Waals surface area contributed by atoms with Gasteiger partial charge in [-0.1, -0.05) is 27.7 Å². The minimum absolute atomic E-state index is 0.155. The summed E-state index contributed by atoms with van der Waals surface area (Å²) in [4.78, 5) is 23.1. The third-order valence-electron chi connectivity index (χ3n) is 3.14. The van der Waals surface area contributed by atoms with E-state index in [0.717, 1.165) is 12.8 Å². The summed E-state index contributed by atoms with van der Waals surface area (Å²) in [5.41, 5.74) is 0.